The molecule has 1 atom stereocenters. The van der Waals surface area contributed by atoms with Crippen molar-refractivity contribution in [3.05, 3.63) is 108 Å². The van der Waals surface area contributed by atoms with Gasteiger partial charge in [-0.1, -0.05) is 48.0 Å². The van der Waals surface area contributed by atoms with Crippen LogP contribution in [0.15, 0.2) is 90.3 Å². The number of aryl methyl sites for hydroxylation is 2. The smallest absolute Gasteiger partial charge is 0.264 e. The van der Waals surface area contributed by atoms with Crippen LogP contribution < -0.4 is 9.62 Å². The Balaban J connectivity index is 1.81. The van der Waals surface area contributed by atoms with E-state index < -0.39 is 10.0 Å². The molecule has 3 rings (SSSR count). The van der Waals surface area contributed by atoms with Gasteiger partial charge in [0.05, 0.1) is 23.2 Å². The van der Waals surface area contributed by atoms with Crippen molar-refractivity contribution in [2.24, 2.45) is 0 Å². The first-order valence-corrected chi connectivity index (χ1v) is 11.8. The van der Waals surface area contributed by atoms with Crippen LogP contribution in [0.4, 0.5) is 5.69 Å². The van der Waals surface area contributed by atoms with E-state index in [-0.39, 0.29) is 23.4 Å². The second kappa shape index (κ2) is 9.83. The lowest BCUT2D eigenvalue weighted by molar-refractivity contribution is 0.0940. The first-order chi connectivity index (χ1) is 15.2. The molecule has 1 amide bonds. The molecule has 0 aliphatic carbocycles. The molecule has 0 bridgehead atoms. The zero-order valence-corrected chi connectivity index (χ0v) is 19.4. The molecular formula is C26H28N2O3S. The number of sulfonamides is 1. The number of nitrogens with zero attached hydrogens (tertiary/aromatic N) is 1. The van der Waals surface area contributed by atoms with Crippen molar-refractivity contribution in [3.63, 3.8) is 0 Å². The Labute approximate surface area is 190 Å². The maximum Gasteiger partial charge on any atom is 0.264 e. The van der Waals surface area contributed by atoms with E-state index in [1.165, 1.54) is 10.4 Å². The van der Waals surface area contributed by atoms with Crippen molar-refractivity contribution in [1.29, 1.82) is 0 Å². The maximum atomic E-state index is 13.1. The summed E-state index contributed by atoms with van der Waals surface area (Å²) in [7, 11) is -3.75. The summed E-state index contributed by atoms with van der Waals surface area (Å²) in [4.78, 5) is 13.0. The fourth-order valence-electron chi connectivity index (χ4n) is 3.54. The van der Waals surface area contributed by atoms with Gasteiger partial charge in [-0.15, -0.1) is 6.58 Å². The van der Waals surface area contributed by atoms with Gasteiger partial charge in [-0.05, 0) is 68.3 Å². The molecule has 0 unspecified atom stereocenters. The van der Waals surface area contributed by atoms with Gasteiger partial charge in [-0.2, -0.15) is 0 Å². The number of rotatable bonds is 8. The van der Waals surface area contributed by atoms with Crippen LogP contribution >= 0.6 is 0 Å². The first kappa shape index (κ1) is 23.3. The van der Waals surface area contributed by atoms with E-state index in [1.54, 1.807) is 54.6 Å². The topological polar surface area (TPSA) is 66.5 Å². The fraction of sp³-hybridized carbons (Fsp3) is 0.192. The van der Waals surface area contributed by atoms with Gasteiger partial charge in [0.2, 0.25) is 0 Å². The molecule has 0 radical (unpaired) electrons. The van der Waals surface area contributed by atoms with Crippen LogP contribution in [0.3, 0.4) is 0 Å². The van der Waals surface area contributed by atoms with Crippen LogP contribution in [0.2, 0.25) is 0 Å². The van der Waals surface area contributed by atoms with Crippen LogP contribution in [0.25, 0.3) is 0 Å². The van der Waals surface area contributed by atoms with Crippen LogP contribution in [-0.2, 0) is 10.0 Å². The molecule has 0 saturated carbocycles. The quantitative estimate of drug-likeness (QED) is 0.483. The molecule has 5 nitrogen and oxygen atoms in total. The van der Waals surface area contributed by atoms with Gasteiger partial charge in [0.15, 0.2) is 0 Å². The molecule has 0 heterocycles. The van der Waals surface area contributed by atoms with E-state index >= 15 is 0 Å². The third kappa shape index (κ3) is 5.08. The molecule has 0 saturated heterocycles. The number of hydrogen-bond donors (Lipinski definition) is 1. The number of hydrogen-bond acceptors (Lipinski definition) is 3. The summed E-state index contributed by atoms with van der Waals surface area (Å²) in [6, 6.07) is 20.8. The van der Waals surface area contributed by atoms with Crippen LogP contribution in [0.5, 0.6) is 0 Å². The van der Waals surface area contributed by atoms with Crippen LogP contribution in [0.1, 0.15) is 40.0 Å². The monoisotopic (exact) mass is 448 g/mol. The molecule has 6 heteroatoms. The minimum atomic E-state index is -3.75. The third-order valence-corrected chi connectivity index (χ3v) is 7.10. The van der Waals surface area contributed by atoms with E-state index in [4.69, 9.17) is 0 Å². The molecule has 1 N–H and O–H groups in total. The average molecular weight is 449 g/mol. The van der Waals surface area contributed by atoms with E-state index in [0.717, 1.165) is 16.7 Å². The van der Waals surface area contributed by atoms with Crippen molar-refractivity contribution in [2.75, 3.05) is 10.8 Å². The molecule has 0 spiro atoms. The molecule has 0 aliphatic heterocycles. The van der Waals surface area contributed by atoms with Crippen molar-refractivity contribution in [1.82, 2.24) is 5.32 Å². The molecule has 0 fully saturated rings. The summed E-state index contributed by atoms with van der Waals surface area (Å²) in [5.41, 5.74) is 4.25. The SMILES string of the molecule is C=CCN(c1ccc(C(=O)N[C@@H](C)c2cc(C)ccc2C)cc1)S(=O)(=O)c1ccccc1. The lowest BCUT2D eigenvalue weighted by atomic mass is 9.99. The summed E-state index contributed by atoms with van der Waals surface area (Å²) in [5.74, 6) is -0.217. The largest absolute Gasteiger partial charge is 0.346 e. The standard InChI is InChI=1S/C26H28N2O3S/c1-5-17-28(32(30,31)24-9-7-6-8-10-24)23-15-13-22(14-16-23)26(29)27-21(4)25-18-19(2)11-12-20(25)3/h5-16,18,21H,1,17H2,2-4H3,(H,27,29)/t21-/m0/s1. The van der Waals surface area contributed by atoms with Crippen molar-refractivity contribution in [2.45, 2.75) is 31.7 Å². The second-order valence-electron chi connectivity index (χ2n) is 7.74. The first-order valence-electron chi connectivity index (χ1n) is 10.4. The minimum Gasteiger partial charge on any atom is -0.346 e. The Bertz CT molecular complexity index is 1200. The van der Waals surface area contributed by atoms with E-state index in [1.807, 2.05) is 32.9 Å². The summed E-state index contributed by atoms with van der Waals surface area (Å²) < 4.78 is 27.5. The Morgan fingerprint density at radius 3 is 2.31 bits per heavy atom. The molecule has 166 valence electrons. The van der Waals surface area contributed by atoms with Crippen molar-refractivity contribution in [3.8, 4) is 0 Å². The zero-order chi connectivity index (χ0) is 23.3. The average Bonchev–Trinajstić information content (AvgIpc) is 2.79. The highest BCUT2D eigenvalue weighted by Crippen LogP contribution is 2.25. The van der Waals surface area contributed by atoms with E-state index in [9.17, 15) is 13.2 Å². The Hall–Kier alpha value is -3.38. The van der Waals surface area contributed by atoms with Gasteiger partial charge in [-0.25, -0.2) is 8.42 Å². The summed E-state index contributed by atoms with van der Waals surface area (Å²) in [6.45, 7) is 9.80. The molecular weight excluding hydrogens is 420 g/mol. The fourth-order valence-corrected chi connectivity index (χ4v) is 5.00. The van der Waals surface area contributed by atoms with Crippen LogP contribution in [0, 0.1) is 13.8 Å². The van der Waals surface area contributed by atoms with Gasteiger partial charge in [0, 0.05) is 5.56 Å². The molecule has 32 heavy (non-hydrogen) atoms. The summed E-state index contributed by atoms with van der Waals surface area (Å²) >= 11 is 0. The maximum absolute atomic E-state index is 13.1. The molecule has 0 aromatic heterocycles. The number of anilines is 1. The van der Waals surface area contributed by atoms with Gasteiger partial charge in [0.1, 0.15) is 0 Å². The Kier molecular flexibility index (Phi) is 7.15. The van der Waals surface area contributed by atoms with Gasteiger partial charge >= 0.3 is 0 Å². The highest BCUT2D eigenvalue weighted by molar-refractivity contribution is 7.92. The normalized spacial score (nSPS) is 12.1. The van der Waals surface area contributed by atoms with Crippen LogP contribution in [-0.4, -0.2) is 20.9 Å². The lowest BCUT2D eigenvalue weighted by Crippen LogP contribution is -2.31. The van der Waals surface area contributed by atoms with Gasteiger partial charge < -0.3 is 5.32 Å². The minimum absolute atomic E-state index is 0.117. The predicted molar refractivity (Wildman–Crippen MR) is 129 cm³/mol. The van der Waals surface area contributed by atoms with Gasteiger partial charge in [0.25, 0.3) is 15.9 Å². The zero-order valence-electron chi connectivity index (χ0n) is 18.6. The second-order valence-corrected chi connectivity index (χ2v) is 9.60. The van der Waals surface area contributed by atoms with Crippen molar-refractivity contribution >= 4 is 21.6 Å². The number of carbonyl (C=O) groups excluding carboxylic acids is 1. The molecule has 3 aromatic rings. The number of nitrogens with one attached hydrogen (secondary N) is 1. The molecule has 0 aliphatic rings. The highest BCUT2D eigenvalue weighted by Gasteiger charge is 2.24. The van der Waals surface area contributed by atoms with Gasteiger partial charge in [-0.3, -0.25) is 9.10 Å². The highest BCUT2D eigenvalue weighted by atomic mass is 32.2. The number of amides is 1. The van der Waals surface area contributed by atoms with E-state index in [0.29, 0.717) is 11.3 Å². The van der Waals surface area contributed by atoms with E-state index in [2.05, 4.69) is 18.0 Å². The lowest BCUT2D eigenvalue weighted by Gasteiger charge is -2.23. The number of benzene rings is 3. The Morgan fingerprint density at radius 2 is 1.69 bits per heavy atom. The molecule has 3 aromatic carbocycles. The Morgan fingerprint density at radius 1 is 1.03 bits per heavy atom. The third-order valence-electron chi connectivity index (χ3n) is 5.29. The number of carbonyl (C=O) groups is 1. The summed E-state index contributed by atoms with van der Waals surface area (Å²) in [6.07, 6.45) is 1.53. The predicted octanol–water partition coefficient (Wildman–Crippen LogP) is 5.18. The van der Waals surface area contributed by atoms with Crippen molar-refractivity contribution < 1.29 is 13.2 Å². The summed E-state index contributed by atoms with van der Waals surface area (Å²) in [5, 5.41) is 3.02.